The molecule has 15 atom stereocenters. The number of Topliss-reactive ketones (excluding diaryl/α,β-unsaturated/α-hetero) is 3. The first-order valence-electron chi connectivity index (χ1n) is 23.9. The highest BCUT2D eigenvalue weighted by Crippen LogP contribution is 2.38. The van der Waals surface area contributed by atoms with Crippen LogP contribution in [0.1, 0.15) is 126 Å². The number of nitrogens with zero attached hydrogens (tertiary/aromatic N) is 1. The molecule has 3 fully saturated rings. The van der Waals surface area contributed by atoms with E-state index in [1.165, 1.54) is 12.0 Å². The predicted molar refractivity (Wildman–Crippen MR) is 245 cm³/mol. The van der Waals surface area contributed by atoms with Gasteiger partial charge in [-0.1, -0.05) is 71.1 Å². The van der Waals surface area contributed by atoms with Gasteiger partial charge in [-0.15, -0.1) is 0 Å². The Hall–Kier alpha value is -3.37. The Morgan fingerprint density at radius 1 is 0.862 bits per heavy atom. The minimum absolute atomic E-state index is 0.0220. The van der Waals surface area contributed by atoms with E-state index < -0.39 is 83.9 Å². The van der Waals surface area contributed by atoms with Gasteiger partial charge in [0.2, 0.25) is 5.79 Å². The fraction of sp³-hybridized carbons (Fsp3) is 0.745. The van der Waals surface area contributed by atoms with Crippen molar-refractivity contribution in [2.24, 2.45) is 35.5 Å². The van der Waals surface area contributed by atoms with Gasteiger partial charge in [0, 0.05) is 58.5 Å². The number of hydrogen-bond acceptors (Lipinski definition) is 13. The first-order valence-corrected chi connectivity index (χ1v) is 23.9. The molecule has 0 spiro atoms. The second kappa shape index (κ2) is 25.1. The summed E-state index contributed by atoms with van der Waals surface area (Å²) in [6.45, 7) is 12.7. The lowest BCUT2D eigenvalue weighted by Crippen LogP contribution is -2.61. The number of esters is 1. The topological polar surface area (TPSA) is 195 Å². The van der Waals surface area contributed by atoms with Gasteiger partial charge in [-0.2, -0.15) is 0 Å². The van der Waals surface area contributed by atoms with E-state index in [0.29, 0.717) is 63.4 Å². The van der Waals surface area contributed by atoms with Crippen LogP contribution in [0.25, 0.3) is 0 Å². The summed E-state index contributed by atoms with van der Waals surface area (Å²) in [5.74, 6) is -7.93. The highest BCUT2D eigenvalue weighted by atomic mass is 16.6. The molecule has 1 aliphatic carbocycles. The second-order valence-corrected chi connectivity index (χ2v) is 19.6. The average Bonchev–Trinajstić information content (AvgIpc) is 3.28. The SMILES string of the molecule is CO[C@H]1C[C@@H]2CC[C@@H](C)[C@@](O)(O2)C(=O)C(=O)N2CCCC[C@H]2C(=O)O[C@H]([C@H](C)C[C@@H]2CC[C@@H](O)[C@H](OC)C2)CC(=O)C(C)=CC(C)[C@@H](O)[C@@H](OC)C(=O)C(C)C[C@H](C)C=CC=CC=C1C. The van der Waals surface area contributed by atoms with Crippen molar-refractivity contribution >= 4 is 29.2 Å². The number of carbonyl (C=O) groups is 5. The number of allylic oxidation sites excluding steroid dienone is 6. The van der Waals surface area contributed by atoms with Crippen LogP contribution in [0.2, 0.25) is 0 Å². The molecule has 65 heavy (non-hydrogen) atoms. The van der Waals surface area contributed by atoms with E-state index in [0.717, 1.165) is 12.0 Å². The van der Waals surface area contributed by atoms with Crippen molar-refractivity contribution in [1.29, 1.82) is 0 Å². The Labute approximate surface area is 387 Å². The van der Waals surface area contributed by atoms with Gasteiger partial charge in [0.25, 0.3) is 11.7 Å². The molecule has 14 nitrogen and oxygen atoms in total. The third-order valence-corrected chi connectivity index (χ3v) is 14.5. The third kappa shape index (κ3) is 14.3. The van der Waals surface area contributed by atoms with E-state index in [2.05, 4.69) is 0 Å². The predicted octanol–water partition coefficient (Wildman–Crippen LogP) is 6.18. The van der Waals surface area contributed by atoms with Crippen LogP contribution in [-0.2, 0) is 47.7 Å². The van der Waals surface area contributed by atoms with Crippen LogP contribution in [-0.4, -0.2) is 132 Å². The number of methoxy groups -OCH3 is 3. The molecular formula is C51H79NO13. The number of rotatable bonds is 6. The van der Waals surface area contributed by atoms with E-state index >= 15 is 0 Å². The minimum Gasteiger partial charge on any atom is -0.460 e. The molecule has 3 N–H and O–H groups in total. The number of hydrogen-bond donors (Lipinski definition) is 3. The zero-order valence-corrected chi connectivity index (χ0v) is 40.6. The number of aliphatic hydroxyl groups excluding tert-OH is 2. The number of aliphatic hydroxyl groups is 3. The second-order valence-electron chi connectivity index (χ2n) is 19.6. The maximum Gasteiger partial charge on any atom is 0.329 e. The van der Waals surface area contributed by atoms with Crippen molar-refractivity contribution in [3.8, 4) is 0 Å². The standard InChI is InChI=1S/C51H79NO13/c1-30-16-12-11-13-17-31(2)42(61-8)28-38-21-19-36(7)51(60,65-38)48(57)49(58)52-23-15-14-18-39(52)50(59)64-43(33(4)26-37-20-22-40(53)44(27-37)62-9)29-41(54)32(3)25-35(6)46(56)47(63-10)45(55)34(5)24-30/h11-13,16-17,25,30,33-40,42-44,46-47,53,56,60H,14-15,18-24,26-29H2,1-10H3/t30-,33-,34?,35?,36-,37+,38+,39+,40-,42+,43+,44-,46-,47+,51-/m1/s1. The van der Waals surface area contributed by atoms with Crippen molar-refractivity contribution in [3.05, 3.63) is 47.6 Å². The Morgan fingerprint density at radius 2 is 1.58 bits per heavy atom. The first kappa shape index (κ1) is 54.2. The molecule has 0 aromatic carbocycles. The molecule has 0 aromatic heterocycles. The summed E-state index contributed by atoms with van der Waals surface area (Å²) in [5.41, 5.74) is 1.19. The van der Waals surface area contributed by atoms with Crippen LogP contribution in [0.5, 0.6) is 0 Å². The van der Waals surface area contributed by atoms with Crippen molar-refractivity contribution in [3.63, 3.8) is 0 Å². The van der Waals surface area contributed by atoms with Gasteiger partial charge in [0.15, 0.2) is 11.6 Å². The third-order valence-electron chi connectivity index (χ3n) is 14.5. The number of cyclic esters (lactones) is 1. The van der Waals surface area contributed by atoms with Crippen molar-refractivity contribution in [2.75, 3.05) is 27.9 Å². The number of carbonyl (C=O) groups excluding carboxylic acids is 5. The van der Waals surface area contributed by atoms with Gasteiger partial charge in [-0.3, -0.25) is 19.2 Å². The summed E-state index contributed by atoms with van der Waals surface area (Å²) in [4.78, 5) is 71.7. The van der Waals surface area contributed by atoms with Gasteiger partial charge in [-0.25, -0.2) is 4.79 Å². The number of piperidine rings is 1. The molecule has 3 heterocycles. The smallest absolute Gasteiger partial charge is 0.329 e. The quantitative estimate of drug-likeness (QED) is 0.202. The van der Waals surface area contributed by atoms with E-state index in [9.17, 15) is 39.3 Å². The van der Waals surface area contributed by atoms with Gasteiger partial charge in [0.05, 0.1) is 30.5 Å². The molecule has 0 aromatic rings. The number of ether oxygens (including phenoxy) is 5. The normalized spacial score (nSPS) is 37.8. The van der Waals surface area contributed by atoms with Crippen LogP contribution in [0.4, 0.5) is 0 Å². The fourth-order valence-corrected chi connectivity index (χ4v) is 10.1. The van der Waals surface area contributed by atoms with Crippen LogP contribution in [0, 0.1) is 35.5 Å². The molecule has 4 aliphatic rings. The van der Waals surface area contributed by atoms with E-state index in [1.807, 2.05) is 58.1 Å². The van der Waals surface area contributed by atoms with E-state index in [-0.39, 0.29) is 54.8 Å². The van der Waals surface area contributed by atoms with Gasteiger partial charge >= 0.3 is 5.97 Å². The summed E-state index contributed by atoms with van der Waals surface area (Å²) >= 11 is 0. The number of amides is 1. The lowest BCUT2D eigenvalue weighted by molar-refractivity contribution is -0.265. The molecule has 14 heteroatoms. The molecular weight excluding hydrogens is 835 g/mol. The summed E-state index contributed by atoms with van der Waals surface area (Å²) in [7, 11) is 4.53. The fourth-order valence-electron chi connectivity index (χ4n) is 10.1. The molecule has 2 unspecified atom stereocenters. The lowest BCUT2D eigenvalue weighted by atomic mass is 9.78. The zero-order valence-electron chi connectivity index (χ0n) is 40.6. The Morgan fingerprint density at radius 3 is 2.26 bits per heavy atom. The molecule has 1 amide bonds. The molecule has 2 saturated heterocycles. The Kier molecular flexibility index (Phi) is 21.0. The van der Waals surface area contributed by atoms with Crippen molar-refractivity contribution in [1.82, 2.24) is 4.90 Å². The summed E-state index contributed by atoms with van der Waals surface area (Å²) in [5, 5.41) is 33.9. The molecule has 366 valence electrons. The van der Waals surface area contributed by atoms with Crippen LogP contribution in [0.3, 0.4) is 0 Å². The molecule has 4 rings (SSSR count). The highest BCUT2D eigenvalue weighted by Gasteiger charge is 2.53. The maximum atomic E-state index is 14.4. The van der Waals surface area contributed by atoms with Crippen LogP contribution >= 0.6 is 0 Å². The van der Waals surface area contributed by atoms with Crippen molar-refractivity contribution in [2.45, 2.75) is 180 Å². The van der Waals surface area contributed by atoms with Gasteiger partial charge in [0.1, 0.15) is 18.2 Å². The zero-order chi connectivity index (χ0) is 48.2. The van der Waals surface area contributed by atoms with Crippen LogP contribution < -0.4 is 0 Å². The van der Waals surface area contributed by atoms with Gasteiger partial charge in [-0.05, 0) is 107 Å². The summed E-state index contributed by atoms with van der Waals surface area (Å²) in [6.07, 6.45) is 11.2. The van der Waals surface area contributed by atoms with Crippen molar-refractivity contribution < 1.29 is 63.0 Å². The molecule has 2 bridgehead atoms. The summed E-state index contributed by atoms with van der Waals surface area (Å²) < 4.78 is 29.4. The number of ketones is 3. The minimum atomic E-state index is -2.43. The lowest BCUT2D eigenvalue weighted by Gasteiger charge is -2.42. The molecule has 1 saturated carbocycles. The maximum absolute atomic E-state index is 14.4. The summed E-state index contributed by atoms with van der Waals surface area (Å²) in [6, 6.07) is -1.14. The van der Waals surface area contributed by atoms with E-state index in [1.54, 1.807) is 41.1 Å². The van der Waals surface area contributed by atoms with Crippen LogP contribution in [0.15, 0.2) is 47.6 Å². The average molecular weight is 914 g/mol. The highest BCUT2D eigenvalue weighted by molar-refractivity contribution is 6.39. The largest absolute Gasteiger partial charge is 0.460 e. The van der Waals surface area contributed by atoms with Gasteiger partial charge < -0.3 is 43.9 Å². The number of fused-ring (bicyclic) bond motifs is 3. The molecule has 0 radical (unpaired) electrons. The Balaban J connectivity index is 1.70. The molecule has 3 aliphatic heterocycles. The van der Waals surface area contributed by atoms with E-state index in [4.69, 9.17) is 23.7 Å². The monoisotopic (exact) mass is 914 g/mol. The Bertz CT molecular complexity index is 1760. The first-order chi connectivity index (χ1) is 30.7.